The van der Waals surface area contributed by atoms with Crippen LogP contribution in [0.1, 0.15) is 19.8 Å². The summed E-state index contributed by atoms with van der Waals surface area (Å²) in [5.74, 6) is 1.73. The number of benzene rings is 1. The van der Waals surface area contributed by atoms with Crippen LogP contribution in [0.3, 0.4) is 0 Å². The smallest absolute Gasteiger partial charge is 0.119 e. The molecule has 0 saturated carbocycles. The van der Waals surface area contributed by atoms with Gasteiger partial charge in [0.05, 0.1) is 6.61 Å². The van der Waals surface area contributed by atoms with Crippen molar-refractivity contribution in [3.8, 4) is 5.75 Å². The highest BCUT2D eigenvalue weighted by atomic mass is 16.5. The Balaban J connectivity index is 1.89. The van der Waals surface area contributed by atoms with E-state index in [0.717, 1.165) is 31.4 Å². The van der Waals surface area contributed by atoms with Crippen molar-refractivity contribution in [3.63, 3.8) is 0 Å². The highest BCUT2D eigenvalue weighted by Crippen LogP contribution is 2.20. The second kappa shape index (κ2) is 6.64. The third-order valence-corrected chi connectivity index (χ3v) is 3.52. The summed E-state index contributed by atoms with van der Waals surface area (Å²) in [6.45, 7) is 6.20. The molecular weight excluding hydrogens is 224 g/mol. The predicted molar refractivity (Wildman–Crippen MR) is 76.5 cm³/mol. The first-order valence-corrected chi connectivity index (χ1v) is 6.94. The van der Waals surface area contributed by atoms with Crippen molar-refractivity contribution in [1.82, 2.24) is 5.32 Å². The zero-order valence-corrected chi connectivity index (χ0v) is 11.5. The van der Waals surface area contributed by atoms with Crippen LogP contribution in [0.25, 0.3) is 0 Å². The first kappa shape index (κ1) is 13.2. The van der Waals surface area contributed by atoms with Gasteiger partial charge in [-0.2, -0.15) is 0 Å². The lowest BCUT2D eigenvalue weighted by atomic mass is 9.99. The molecule has 100 valence electrons. The van der Waals surface area contributed by atoms with Gasteiger partial charge in [0, 0.05) is 19.3 Å². The molecule has 0 radical (unpaired) electrons. The summed E-state index contributed by atoms with van der Waals surface area (Å²) in [4.78, 5) is 2.34. The van der Waals surface area contributed by atoms with Crippen molar-refractivity contribution in [2.75, 3.05) is 38.2 Å². The molecule has 2 rings (SSSR count). The van der Waals surface area contributed by atoms with Crippen molar-refractivity contribution >= 4 is 5.69 Å². The maximum atomic E-state index is 5.46. The fourth-order valence-corrected chi connectivity index (χ4v) is 2.54. The van der Waals surface area contributed by atoms with E-state index < -0.39 is 0 Å². The van der Waals surface area contributed by atoms with Gasteiger partial charge in [-0.05, 0) is 63.0 Å². The van der Waals surface area contributed by atoms with Crippen molar-refractivity contribution in [3.05, 3.63) is 24.3 Å². The summed E-state index contributed by atoms with van der Waals surface area (Å²) in [6.07, 6.45) is 2.65. The van der Waals surface area contributed by atoms with Gasteiger partial charge in [-0.3, -0.25) is 0 Å². The maximum Gasteiger partial charge on any atom is 0.119 e. The summed E-state index contributed by atoms with van der Waals surface area (Å²) in [6, 6.07) is 8.38. The molecule has 0 amide bonds. The van der Waals surface area contributed by atoms with Gasteiger partial charge >= 0.3 is 0 Å². The topological polar surface area (TPSA) is 24.5 Å². The average Bonchev–Trinajstić information content (AvgIpc) is 2.41. The van der Waals surface area contributed by atoms with Crippen LogP contribution in [-0.4, -0.2) is 33.3 Å². The van der Waals surface area contributed by atoms with E-state index in [1.54, 1.807) is 0 Å². The minimum Gasteiger partial charge on any atom is -0.494 e. The largest absolute Gasteiger partial charge is 0.494 e. The van der Waals surface area contributed by atoms with E-state index in [2.05, 4.69) is 41.5 Å². The van der Waals surface area contributed by atoms with Crippen LogP contribution < -0.4 is 15.0 Å². The van der Waals surface area contributed by atoms with Gasteiger partial charge in [-0.25, -0.2) is 0 Å². The zero-order chi connectivity index (χ0) is 12.8. The maximum absolute atomic E-state index is 5.46. The molecule has 1 fully saturated rings. The fraction of sp³-hybridized carbons (Fsp3) is 0.600. The van der Waals surface area contributed by atoms with Crippen LogP contribution in [0.5, 0.6) is 5.75 Å². The summed E-state index contributed by atoms with van der Waals surface area (Å²) >= 11 is 0. The predicted octanol–water partition coefficient (Wildman–Crippen LogP) is 2.52. The lowest BCUT2D eigenvalue weighted by molar-refractivity contribution is 0.340. The molecule has 1 saturated heterocycles. The molecule has 1 N–H and O–H groups in total. The molecule has 1 heterocycles. The summed E-state index contributed by atoms with van der Waals surface area (Å²) in [5, 5.41) is 3.47. The second-order valence-electron chi connectivity index (χ2n) is 5.02. The number of anilines is 1. The number of nitrogens with zero attached hydrogens (tertiary/aromatic N) is 1. The molecule has 1 aliphatic heterocycles. The molecule has 0 spiro atoms. The Bertz CT molecular complexity index is 344. The monoisotopic (exact) mass is 248 g/mol. The molecule has 3 nitrogen and oxygen atoms in total. The normalized spacial score (nSPS) is 19.6. The molecule has 1 aromatic rings. The molecule has 0 bridgehead atoms. The van der Waals surface area contributed by atoms with Gasteiger partial charge in [0.2, 0.25) is 0 Å². The average molecular weight is 248 g/mol. The molecule has 1 unspecified atom stereocenters. The van der Waals surface area contributed by atoms with Crippen LogP contribution >= 0.6 is 0 Å². The standard InChI is InChI=1S/C15H24N2O/c1-3-18-15-8-6-14(7-9-15)17(2)12-13-5-4-10-16-11-13/h6-9,13,16H,3-5,10-12H2,1-2H3. The molecule has 0 aliphatic carbocycles. The Kier molecular flexibility index (Phi) is 4.88. The van der Waals surface area contributed by atoms with Gasteiger partial charge in [0.15, 0.2) is 0 Å². The molecule has 1 aliphatic rings. The Morgan fingerprint density at radius 1 is 1.33 bits per heavy atom. The highest BCUT2D eigenvalue weighted by Gasteiger charge is 2.15. The van der Waals surface area contributed by atoms with Gasteiger partial charge in [-0.1, -0.05) is 0 Å². The number of rotatable bonds is 5. The molecule has 3 heteroatoms. The lowest BCUT2D eigenvalue weighted by Crippen LogP contribution is -2.36. The van der Waals surface area contributed by atoms with Crippen LogP contribution in [0.2, 0.25) is 0 Å². The second-order valence-corrected chi connectivity index (χ2v) is 5.02. The third-order valence-electron chi connectivity index (χ3n) is 3.52. The Hall–Kier alpha value is -1.22. The van der Waals surface area contributed by atoms with Gasteiger partial charge in [0.1, 0.15) is 5.75 Å². The zero-order valence-electron chi connectivity index (χ0n) is 11.5. The van der Waals surface area contributed by atoms with Gasteiger partial charge in [-0.15, -0.1) is 0 Å². The van der Waals surface area contributed by atoms with Crippen LogP contribution in [0, 0.1) is 5.92 Å². The summed E-state index contributed by atoms with van der Waals surface area (Å²) in [7, 11) is 2.17. The SMILES string of the molecule is CCOc1ccc(N(C)CC2CCCNC2)cc1. The van der Waals surface area contributed by atoms with E-state index in [4.69, 9.17) is 4.74 Å². The number of piperidine rings is 1. The summed E-state index contributed by atoms with van der Waals surface area (Å²) in [5.41, 5.74) is 1.27. The van der Waals surface area contributed by atoms with E-state index in [1.807, 2.05) is 6.92 Å². The van der Waals surface area contributed by atoms with E-state index in [9.17, 15) is 0 Å². The first-order valence-electron chi connectivity index (χ1n) is 6.94. The van der Waals surface area contributed by atoms with E-state index in [1.165, 1.54) is 25.1 Å². The van der Waals surface area contributed by atoms with Crippen LogP contribution in [-0.2, 0) is 0 Å². The Morgan fingerprint density at radius 2 is 2.11 bits per heavy atom. The van der Waals surface area contributed by atoms with E-state index >= 15 is 0 Å². The van der Waals surface area contributed by atoms with Crippen LogP contribution in [0.15, 0.2) is 24.3 Å². The molecule has 18 heavy (non-hydrogen) atoms. The fourth-order valence-electron chi connectivity index (χ4n) is 2.54. The van der Waals surface area contributed by atoms with Gasteiger partial charge in [0.25, 0.3) is 0 Å². The number of ether oxygens (including phenoxy) is 1. The van der Waals surface area contributed by atoms with E-state index in [0.29, 0.717) is 0 Å². The lowest BCUT2D eigenvalue weighted by Gasteiger charge is -2.29. The van der Waals surface area contributed by atoms with Crippen molar-refractivity contribution < 1.29 is 4.74 Å². The minimum atomic E-state index is 0.725. The Labute approximate surface area is 110 Å². The van der Waals surface area contributed by atoms with Gasteiger partial charge < -0.3 is 15.0 Å². The number of hydrogen-bond acceptors (Lipinski definition) is 3. The molecule has 1 aromatic carbocycles. The minimum absolute atomic E-state index is 0.725. The third kappa shape index (κ3) is 3.64. The van der Waals surface area contributed by atoms with E-state index in [-0.39, 0.29) is 0 Å². The summed E-state index contributed by atoms with van der Waals surface area (Å²) < 4.78 is 5.46. The molecule has 0 aromatic heterocycles. The number of nitrogens with one attached hydrogen (secondary N) is 1. The van der Waals surface area contributed by atoms with Crippen LogP contribution in [0.4, 0.5) is 5.69 Å². The first-order chi connectivity index (χ1) is 8.79. The Morgan fingerprint density at radius 3 is 2.72 bits per heavy atom. The van der Waals surface area contributed by atoms with Crippen molar-refractivity contribution in [1.29, 1.82) is 0 Å². The quantitative estimate of drug-likeness (QED) is 0.866. The highest BCUT2D eigenvalue weighted by molar-refractivity contribution is 5.48. The molecule has 1 atom stereocenters. The number of hydrogen-bond donors (Lipinski definition) is 1. The van der Waals surface area contributed by atoms with Crippen molar-refractivity contribution in [2.24, 2.45) is 5.92 Å². The molecular formula is C15H24N2O. The van der Waals surface area contributed by atoms with Crippen molar-refractivity contribution in [2.45, 2.75) is 19.8 Å².